The lowest BCUT2D eigenvalue weighted by Crippen LogP contribution is -2.50. The number of carbonyl (C=O) groups is 2. The van der Waals surface area contributed by atoms with Gasteiger partial charge in [-0.05, 0) is 24.7 Å². The second kappa shape index (κ2) is 6.57. The molecule has 0 aromatic heterocycles. The number of hydrogen-bond donors (Lipinski definition) is 2. The summed E-state index contributed by atoms with van der Waals surface area (Å²) in [6.07, 6.45) is -1.60. The molecule has 1 saturated heterocycles. The summed E-state index contributed by atoms with van der Waals surface area (Å²) < 4.78 is 38.9. The average Bonchev–Trinajstić information content (AvgIpc) is 2.88. The van der Waals surface area contributed by atoms with Crippen molar-refractivity contribution < 1.29 is 27.9 Å². The molecule has 2 fully saturated rings. The normalized spacial score (nSPS) is 35.2. The fraction of sp³-hybridized carbons (Fsp3) is 0.867. The molecule has 2 aliphatic rings. The first-order chi connectivity index (χ1) is 10.6. The standard InChI is InChI=1S/C15H23F3N2O3/c1-8-4-3-5-9(2)12(8)19-14(23)20-6-10(13(21)22)11(7-20)15(16,17)18/h8-12H,3-7H2,1-2H3,(H,19,23)(H,21,22)/t8?,9?,10-,11-,12?/m1/s1. The van der Waals surface area contributed by atoms with Gasteiger partial charge in [-0.25, -0.2) is 4.79 Å². The van der Waals surface area contributed by atoms with Gasteiger partial charge in [0.2, 0.25) is 0 Å². The molecular formula is C15H23F3N2O3. The van der Waals surface area contributed by atoms with Crippen molar-refractivity contribution in [3.05, 3.63) is 0 Å². The van der Waals surface area contributed by atoms with E-state index in [1.807, 2.05) is 13.8 Å². The topological polar surface area (TPSA) is 69.6 Å². The third kappa shape index (κ3) is 3.90. The van der Waals surface area contributed by atoms with E-state index in [0.29, 0.717) is 0 Å². The van der Waals surface area contributed by atoms with Gasteiger partial charge in [-0.15, -0.1) is 0 Å². The van der Waals surface area contributed by atoms with Crippen LogP contribution in [0.15, 0.2) is 0 Å². The smallest absolute Gasteiger partial charge is 0.394 e. The number of hydrogen-bond acceptors (Lipinski definition) is 2. The number of aliphatic carboxylic acids is 1. The number of carboxylic acid groups (broad SMARTS) is 1. The van der Waals surface area contributed by atoms with Crippen molar-refractivity contribution in [1.82, 2.24) is 10.2 Å². The van der Waals surface area contributed by atoms with Crippen LogP contribution in [0.2, 0.25) is 0 Å². The number of rotatable bonds is 2. The first-order valence-corrected chi connectivity index (χ1v) is 7.96. The SMILES string of the molecule is CC1CCCC(C)C1NC(=O)N1C[C@@H](C(F)(F)F)[C@H](C(=O)O)C1. The van der Waals surface area contributed by atoms with Crippen LogP contribution in [-0.2, 0) is 4.79 Å². The number of halogens is 3. The van der Waals surface area contributed by atoms with Gasteiger partial charge >= 0.3 is 18.2 Å². The largest absolute Gasteiger partial charge is 0.481 e. The Labute approximate surface area is 133 Å². The molecule has 2 N–H and O–H groups in total. The van der Waals surface area contributed by atoms with Gasteiger partial charge in [0.1, 0.15) is 0 Å². The molecular weight excluding hydrogens is 313 g/mol. The van der Waals surface area contributed by atoms with Gasteiger partial charge in [-0.1, -0.05) is 20.3 Å². The fourth-order valence-electron chi connectivity index (χ4n) is 3.75. The maximum absolute atomic E-state index is 13.0. The molecule has 0 aromatic carbocycles. The maximum Gasteiger partial charge on any atom is 0.394 e. The molecule has 5 nitrogen and oxygen atoms in total. The van der Waals surface area contributed by atoms with E-state index in [4.69, 9.17) is 5.11 Å². The van der Waals surface area contributed by atoms with E-state index in [0.717, 1.165) is 24.2 Å². The molecule has 0 spiro atoms. The predicted molar refractivity (Wildman–Crippen MR) is 76.7 cm³/mol. The lowest BCUT2D eigenvalue weighted by Gasteiger charge is -2.36. The fourth-order valence-corrected chi connectivity index (χ4v) is 3.75. The van der Waals surface area contributed by atoms with Gasteiger partial charge in [0.15, 0.2) is 0 Å². The van der Waals surface area contributed by atoms with E-state index in [1.165, 1.54) is 0 Å². The minimum absolute atomic E-state index is 0.0792. The second-order valence-corrected chi connectivity index (χ2v) is 6.86. The third-order valence-corrected chi connectivity index (χ3v) is 5.18. The molecule has 2 amide bonds. The molecule has 1 aliphatic carbocycles. The van der Waals surface area contributed by atoms with Crippen molar-refractivity contribution in [2.24, 2.45) is 23.7 Å². The molecule has 2 rings (SSSR count). The summed E-state index contributed by atoms with van der Waals surface area (Å²) in [5.41, 5.74) is 0. The molecule has 0 radical (unpaired) electrons. The first-order valence-electron chi connectivity index (χ1n) is 7.96. The summed E-state index contributed by atoms with van der Waals surface area (Å²) in [6.45, 7) is 3.04. The molecule has 2 unspecified atom stereocenters. The Morgan fingerprint density at radius 3 is 2.13 bits per heavy atom. The highest BCUT2D eigenvalue weighted by molar-refractivity contribution is 5.78. The summed E-state index contributed by atoms with van der Waals surface area (Å²) in [6, 6.07) is -0.668. The van der Waals surface area contributed by atoms with E-state index < -0.39 is 43.1 Å². The van der Waals surface area contributed by atoms with Crippen LogP contribution < -0.4 is 5.32 Å². The van der Waals surface area contributed by atoms with Crippen molar-refractivity contribution in [2.45, 2.75) is 45.3 Å². The molecule has 132 valence electrons. The van der Waals surface area contributed by atoms with Gasteiger partial charge in [0.25, 0.3) is 0 Å². The molecule has 8 heteroatoms. The van der Waals surface area contributed by atoms with Crippen molar-refractivity contribution in [2.75, 3.05) is 13.1 Å². The molecule has 4 atom stereocenters. The summed E-state index contributed by atoms with van der Waals surface area (Å²) in [5.74, 6) is -4.59. The van der Waals surface area contributed by atoms with E-state index >= 15 is 0 Å². The van der Waals surface area contributed by atoms with Gasteiger partial charge < -0.3 is 15.3 Å². The zero-order valence-corrected chi connectivity index (χ0v) is 13.3. The Hall–Kier alpha value is -1.47. The minimum atomic E-state index is -4.62. The van der Waals surface area contributed by atoms with E-state index in [1.54, 1.807) is 0 Å². The van der Waals surface area contributed by atoms with Crippen LogP contribution in [0.25, 0.3) is 0 Å². The number of nitrogens with zero attached hydrogens (tertiary/aromatic N) is 1. The van der Waals surface area contributed by atoms with Crippen molar-refractivity contribution >= 4 is 12.0 Å². The number of carboxylic acids is 1. The summed E-state index contributed by atoms with van der Waals surface area (Å²) >= 11 is 0. The summed E-state index contributed by atoms with van der Waals surface area (Å²) in [5, 5.41) is 11.8. The van der Waals surface area contributed by atoms with Crippen LogP contribution in [0.3, 0.4) is 0 Å². The van der Waals surface area contributed by atoms with Crippen LogP contribution in [0.4, 0.5) is 18.0 Å². The second-order valence-electron chi connectivity index (χ2n) is 6.86. The van der Waals surface area contributed by atoms with E-state index in [-0.39, 0.29) is 17.9 Å². The zero-order valence-electron chi connectivity index (χ0n) is 13.3. The molecule has 1 aliphatic heterocycles. The zero-order chi connectivity index (χ0) is 17.4. The summed E-state index contributed by atoms with van der Waals surface area (Å²) in [7, 11) is 0. The number of carbonyl (C=O) groups excluding carboxylic acids is 1. The lowest BCUT2D eigenvalue weighted by molar-refractivity contribution is -0.187. The Bertz CT molecular complexity index is 459. The van der Waals surface area contributed by atoms with Crippen LogP contribution in [0, 0.1) is 23.7 Å². The van der Waals surface area contributed by atoms with Gasteiger partial charge in [0.05, 0.1) is 11.8 Å². The highest BCUT2D eigenvalue weighted by Gasteiger charge is 2.53. The van der Waals surface area contributed by atoms with Crippen LogP contribution in [0.1, 0.15) is 33.1 Å². The molecule has 0 bridgehead atoms. The molecule has 0 aromatic rings. The van der Waals surface area contributed by atoms with E-state index in [9.17, 15) is 22.8 Å². The highest BCUT2D eigenvalue weighted by Crippen LogP contribution is 2.38. The Morgan fingerprint density at radius 2 is 1.70 bits per heavy atom. The predicted octanol–water partition coefficient (Wildman–Crippen LogP) is 2.72. The Morgan fingerprint density at radius 1 is 1.13 bits per heavy atom. The Balaban J connectivity index is 2.04. The quantitative estimate of drug-likeness (QED) is 0.815. The number of alkyl halides is 3. The third-order valence-electron chi connectivity index (χ3n) is 5.18. The maximum atomic E-state index is 13.0. The van der Waals surface area contributed by atoms with Crippen LogP contribution in [0.5, 0.6) is 0 Å². The van der Waals surface area contributed by atoms with Crippen LogP contribution in [-0.4, -0.2) is 47.3 Å². The van der Waals surface area contributed by atoms with Crippen molar-refractivity contribution in [3.63, 3.8) is 0 Å². The number of nitrogens with one attached hydrogen (secondary N) is 1. The molecule has 1 heterocycles. The van der Waals surface area contributed by atoms with E-state index in [2.05, 4.69) is 5.32 Å². The Kier molecular flexibility index (Phi) is 5.10. The number of amides is 2. The molecule has 1 saturated carbocycles. The van der Waals surface area contributed by atoms with Gasteiger partial charge in [-0.2, -0.15) is 13.2 Å². The summed E-state index contributed by atoms with van der Waals surface area (Å²) in [4.78, 5) is 24.4. The number of likely N-dealkylation sites (tertiary alicyclic amines) is 1. The minimum Gasteiger partial charge on any atom is -0.481 e. The average molecular weight is 336 g/mol. The monoisotopic (exact) mass is 336 g/mol. The van der Waals surface area contributed by atoms with Crippen molar-refractivity contribution in [1.29, 1.82) is 0 Å². The van der Waals surface area contributed by atoms with Gasteiger partial charge in [0, 0.05) is 19.1 Å². The lowest BCUT2D eigenvalue weighted by atomic mass is 9.79. The number of urea groups is 1. The van der Waals surface area contributed by atoms with Crippen LogP contribution >= 0.6 is 0 Å². The van der Waals surface area contributed by atoms with Crippen molar-refractivity contribution in [3.8, 4) is 0 Å². The first kappa shape index (κ1) is 17.9. The molecule has 23 heavy (non-hydrogen) atoms. The van der Waals surface area contributed by atoms with Gasteiger partial charge in [-0.3, -0.25) is 4.79 Å². The highest BCUT2D eigenvalue weighted by atomic mass is 19.4.